The predicted octanol–water partition coefficient (Wildman–Crippen LogP) is 5.81. The highest BCUT2D eigenvalue weighted by Gasteiger charge is 2.18. The second-order valence-electron chi connectivity index (χ2n) is 7.71. The predicted molar refractivity (Wildman–Crippen MR) is 114 cm³/mol. The van der Waals surface area contributed by atoms with Gasteiger partial charge in [0.25, 0.3) is 0 Å². The van der Waals surface area contributed by atoms with Gasteiger partial charge in [-0.3, -0.25) is 4.79 Å². The molecule has 4 heteroatoms. The Hall–Kier alpha value is -1.39. The minimum Gasteiger partial charge on any atom is -0.469 e. The van der Waals surface area contributed by atoms with E-state index < -0.39 is 6.10 Å². The third kappa shape index (κ3) is 12.9. The molecule has 0 spiro atoms. The normalized spacial score (nSPS) is 13.2. The van der Waals surface area contributed by atoms with E-state index in [4.69, 9.17) is 4.74 Å². The lowest BCUT2D eigenvalue weighted by atomic mass is 10.0. The highest BCUT2D eigenvalue weighted by molar-refractivity contribution is 5.69. The van der Waals surface area contributed by atoms with Crippen LogP contribution in [0.4, 0.5) is 0 Å². The summed E-state index contributed by atoms with van der Waals surface area (Å²) < 4.78 is 10.7. The Labute approximate surface area is 171 Å². The summed E-state index contributed by atoms with van der Waals surface area (Å²) in [5.41, 5.74) is 1.13. The zero-order valence-corrected chi connectivity index (χ0v) is 17.9. The van der Waals surface area contributed by atoms with Crippen molar-refractivity contribution in [2.45, 2.75) is 103 Å². The van der Waals surface area contributed by atoms with Crippen LogP contribution in [0.25, 0.3) is 0 Å². The van der Waals surface area contributed by atoms with Crippen molar-refractivity contribution in [3.63, 3.8) is 0 Å². The quantitative estimate of drug-likeness (QED) is 0.269. The standard InChI is InChI=1S/C24H40O4/c1-3-4-5-6-7-8-9-10-14-17-23(18-22(25)19-24(26)27-2)28-20-21-15-12-11-13-16-21/h11-13,15-16,22-23,25H,3-10,14,17-20H2,1-2H3/t22-,23+/m0/s1. The van der Waals surface area contributed by atoms with Gasteiger partial charge in [0.15, 0.2) is 0 Å². The number of aliphatic hydroxyl groups is 1. The Morgan fingerprint density at radius 2 is 1.57 bits per heavy atom. The number of methoxy groups -OCH3 is 1. The average molecular weight is 393 g/mol. The zero-order chi connectivity index (χ0) is 20.5. The number of hydrogen-bond donors (Lipinski definition) is 1. The van der Waals surface area contributed by atoms with Gasteiger partial charge in [-0.25, -0.2) is 0 Å². The van der Waals surface area contributed by atoms with E-state index in [-0.39, 0.29) is 18.5 Å². The number of ether oxygens (including phenoxy) is 2. The maximum absolute atomic E-state index is 11.4. The first-order valence-corrected chi connectivity index (χ1v) is 11.1. The lowest BCUT2D eigenvalue weighted by molar-refractivity contribution is -0.143. The highest BCUT2D eigenvalue weighted by atomic mass is 16.5. The first-order chi connectivity index (χ1) is 13.7. The fourth-order valence-corrected chi connectivity index (χ4v) is 3.40. The van der Waals surface area contributed by atoms with Crippen LogP contribution in [0.2, 0.25) is 0 Å². The summed E-state index contributed by atoms with van der Waals surface area (Å²) in [6.07, 6.45) is 12.3. The van der Waals surface area contributed by atoms with Crippen molar-refractivity contribution in [3.05, 3.63) is 35.9 Å². The van der Waals surface area contributed by atoms with Crippen LogP contribution in [0.5, 0.6) is 0 Å². The molecule has 1 aromatic carbocycles. The number of esters is 1. The van der Waals surface area contributed by atoms with E-state index in [2.05, 4.69) is 11.7 Å². The number of carbonyl (C=O) groups is 1. The van der Waals surface area contributed by atoms with E-state index in [1.54, 1.807) is 0 Å². The number of carbonyl (C=O) groups excluding carboxylic acids is 1. The zero-order valence-electron chi connectivity index (χ0n) is 17.9. The fourth-order valence-electron chi connectivity index (χ4n) is 3.40. The smallest absolute Gasteiger partial charge is 0.308 e. The van der Waals surface area contributed by atoms with Gasteiger partial charge in [-0.1, -0.05) is 95.0 Å². The van der Waals surface area contributed by atoms with E-state index in [1.165, 1.54) is 58.5 Å². The first-order valence-electron chi connectivity index (χ1n) is 11.1. The molecule has 4 nitrogen and oxygen atoms in total. The SMILES string of the molecule is CCCCCCCCCCC[C@H](C[C@H](O)CC(=O)OC)OCc1ccccc1. The van der Waals surface area contributed by atoms with Crippen molar-refractivity contribution >= 4 is 5.97 Å². The van der Waals surface area contributed by atoms with Crippen LogP contribution < -0.4 is 0 Å². The van der Waals surface area contributed by atoms with Gasteiger partial charge >= 0.3 is 5.97 Å². The second-order valence-corrected chi connectivity index (χ2v) is 7.71. The minimum absolute atomic E-state index is 0.0272. The van der Waals surface area contributed by atoms with Gasteiger partial charge in [0, 0.05) is 6.42 Å². The summed E-state index contributed by atoms with van der Waals surface area (Å²) >= 11 is 0. The maximum atomic E-state index is 11.4. The molecule has 0 aliphatic rings. The molecular formula is C24H40O4. The van der Waals surface area contributed by atoms with Gasteiger partial charge in [0.1, 0.15) is 0 Å². The Morgan fingerprint density at radius 1 is 0.964 bits per heavy atom. The van der Waals surface area contributed by atoms with Crippen molar-refractivity contribution in [3.8, 4) is 0 Å². The van der Waals surface area contributed by atoms with E-state index in [9.17, 15) is 9.90 Å². The molecule has 0 unspecified atom stereocenters. The van der Waals surface area contributed by atoms with Crippen molar-refractivity contribution in [2.24, 2.45) is 0 Å². The van der Waals surface area contributed by atoms with Crippen molar-refractivity contribution < 1.29 is 19.4 Å². The molecule has 0 amide bonds. The topological polar surface area (TPSA) is 55.8 Å². The van der Waals surface area contributed by atoms with Crippen LogP contribution in [-0.4, -0.2) is 30.4 Å². The molecule has 160 valence electrons. The average Bonchev–Trinajstić information content (AvgIpc) is 2.71. The summed E-state index contributed by atoms with van der Waals surface area (Å²) in [6, 6.07) is 10.1. The lowest BCUT2D eigenvalue weighted by Gasteiger charge is -2.21. The summed E-state index contributed by atoms with van der Waals surface area (Å²) in [5, 5.41) is 10.2. The number of aliphatic hydroxyl groups excluding tert-OH is 1. The van der Waals surface area contributed by atoms with E-state index in [0.717, 1.165) is 18.4 Å². The Morgan fingerprint density at radius 3 is 2.18 bits per heavy atom. The molecule has 1 aromatic rings. The van der Waals surface area contributed by atoms with Crippen LogP contribution in [0.1, 0.15) is 89.5 Å². The van der Waals surface area contributed by atoms with Crippen LogP contribution in [0.3, 0.4) is 0 Å². The Balaban J connectivity index is 2.30. The molecule has 0 saturated carbocycles. The maximum Gasteiger partial charge on any atom is 0.308 e. The van der Waals surface area contributed by atoms with Gasteiger partial charge in [0.2, 0.25) is 0 Å². The van der Waals surface area contributed by atoms with Crippen LogP contribution in [0.15, 0.2) is 30.3 Å². The molecular weight excluding hydrogens is 352 g/mol. The monoisotopic (exact) mass is 392 g/mol. The van der Waals surface area contributed by atoms with Crippen molar-refractivity contribution in [1.82, 2.24) is 0 Å². The largest absolute Gasteiger partial charge is 0.469 e. The molecule has 0 fully saturated rings. The molecule has 28 heavy (non-hydrogen) atoms. The second kappa shape index (κ2) is 16.6. The van der Waals surface area contributed by atoms with Crippen molar-refractivity contribution in [2.75, 3.05) is 7.11 Å². The van der Waals surface area contributed by atoms with Crippen LogP contribution >= 0.6 is 0 Å². The number of rotatable bonds is 17. The number of benzene rings is 1. The summed E-state index contributed by atoms with van der Waals surface area (Å²) in [7, 11) is 1.35. The molecule has 1 N–H and O–H groups in total. The molecule has 0 aliphatic carbocycles. The summed E-state index contributed by atoms with van der Waals surface area (Å²) in [6.45, 7) is 2.78. The van der Waals surface area contributed by atoms with Gasteiger partial charge in [-0.15, -0.1) is 0 Å². The first kappa shape index (κ1) is 24.6. The van der Waals surface area contributed by atoms with E-state index >= 15 is 0 Å². The molecule has 0 heterocycles. The van der Waals surface area contributed by atoms with Crippen LogP contribution in [0, 0.1) is 0 Å². The molecule has 0 saturated heterocycles. The molecule has 0 aromatic heterocycles. The highest BCUT2D eigenvalue weighted by Crippen LogP contribution is 2.18. The summed E-state index contributed by atoms with van der Waals surface area (Å²) in [4.78, 5) is 11.4. The van der Waals surface area contributed by atoms with Gasteiger partial charge < -0.3 is 14.6 Å². The Bertz CT molecular complexity index is 489. The van der Waals surface area contributed by atoms with E-state index in [1.807, 2.05) is 30.3 Å². The summed E-state index contributed by atoms with van der Waals surface area (Å²) in [5.74, 6) is -0.377. The third-order valence-corrected chi connectivity index (χ3v) is 5.12. The molecule has 0 bridgehead atoms. The lowest BCUT2D eigenvalue weighted by Crippen LogP contribution is -2.23. The molecule has 1 rings (SSSR count). The van der Waals surface area contributed by atoms with Crippen LogP contribution in [-0.2, 0) is 20.9 Å². The molecule has 2 atom stereocenters. The van der Waals surface area contributed by atoms with Gasteiger partial charge in [-0.05, 0) is 12.0 Å². The fraction of sp³-hybridized carbons (Fsp3) is 0.708. The minimum atomic E-state index is -0.716. The number of unbranched alkanes of at least 4 members (excludes halogenated alkanes) is 8. The molecule has 0 aliphatic heterocycles. The third-order valence-electron chi connectivity index (χ3n) is 5.12. The number of hydrogen-bond acceptors (Lipinski definition) is 4. The Kier molecular flexibility index (Phi) is 14.6. The van der Waals surface area contributed by atoms with Gasteiger partial charge in [-0.2, -0.15) is 0 Å². The van der Waals surface area contributed by atoms with E-state index in [0.29, 0.717) is 13.0 Å². The van der Waals surface area contributed by atoms with Crippen molar-refractivity contribution in [1.29, 1.82) is 0 Å². The molecule has 0 radical (unpaired) electrons. The van der Waals surface area contributed by atoms with Gasteiger partial charge in [0.05, 0.1) is 32.3 Å².